The fourth-order valence-electron chi connectivity index (χ4n) is 1.78. The predicted octanol–water partition coefficient (Wildman–Crippen LogP) is 2.90. The first-order valence-corrected chi connectivity index (χ1v) is 5.73. The smallest absolute Gasteiger partial charge is 0.340 e. The lowest BCUT2D eigenvalue weighted by Crippen LogP contribution is -2.32. The van der Waals surface area contributed by atoms with Crippen molar-refractivity contribution in [2.75, 3.05) is 0 Å². The van der Waals surface area contributed by atoms with E-state index in [1.807, 2.05) is 31.2 Å². The molecule has 0 fully saturated rings. The number of carbonyl (C=O) groups excluding carboxylic acids is 1. The van der Waals surface area contributed by atoms with Crippen LogP contribution in [0.2, 0.25) is 0 Å². The summed E-state index contributed by atoms with van der Waals surface area (Å²) in [5, 5.41) is 0. The van der Waals surface area contributed by atoms with Crippen molar-refractivity contribution in [1.82, 2.24) is 4.98 Å². The van der Waals surface area contributed by atoms with Gasteiger partial charge < -0.3 is 4.74 Å². The number of esters is 1. The van der Waals surface area contributed by atoms with Crippen molar-refractivity contribution < 1.29 is 9.53 Å². The molecule has 0 aromatic carbocycles. The summed E-state index contributed by atoms with van der Waals surface area (Å²) in [5.41, 5.74) is -0.00919. The highest BCUT2D eigenvalue weighted by molar-refractivity contribution is 5.89. The highest BCUT2D eigenvalue weighted by Gasteiger charge is 2.29. The van der Waals surface area contributed by atoms with Gasteiger partial charge in [0.1, 0.15) is 5.60 Å². The normalized spacial score (nSPS) is 22.4. The lowest BCUT2D eigenvalue weighted by molar-refractivity contribution is 0.00294. The zero-order valence-electron chi connectivity index (χ0n) is 9.80. The summed E-state index contributed by atoms with van der Waals surface area (Å²) < 4.78 is 5.60. The molecular formula is C14H15NO2. The number of aromatic nitrogens is 1. The number of allylic oxidation sites excluding steroid dienone is 2. The third kappa shape index (κ3) is 2.61. The summed E-state index contributed by atoms with van der Waals surface area (Å²) in [5.74, 6) is -0.320. The average Bonchev–Trinajstić information content (AvgIpc) is 2.41. The van der Waals surface area contributed by atoms with Crippen molar-refractivity contribution in [2.45, 2.75) is 25.4 Å². The molecule has 88 valence electrons. The van der Waals surface area contributed by atoms with Crippen molar-refractivity contribution >= 4 is 5.97 Å². The topological polar surface area (TPSA) is 39.2 Å². The Morgan fingerprint density at radius 3 is 3.00 bits per heavy atom. The molecule has 3 heteroatoms. The molecule has 1 aliphatic rings. The standard InChI is InChI=1S/C14H15NO2/c1-2-14(8-4-3-5-9-14)17-13(16)12-7-6-10-15-11-12/h3-8,10-11H,2,9H2,1H3. The molecule has 1 aliphatic carbocycles. The van der Waals surface area contributed by atoms with Gasteiger partial charge in [-0.05, 0) is 24.6 Å². The van der Waals surface area contributed by atoms with Gasteiger partial charge in [-0.3, -0.25) is 4.98 Å². The van der Waals surface area contributed by atoms with Crippen LogP contribution in [0.15, 0.2) is 48.8 Å². The van der Waals surface area contributed by atoms with Gasteiger partial charge in [-0.25, -0.2) is 4.79 Å². The number of pyridine rings is 1. The van der Waals surface area contributed by atoms with E-state index in [-0.39, 0.29) is 5.97 Å². The Morgan fingerprint density at radius 1 is 1.53 bits per heavy atom. The quantitative estimate of drug-likeness (QED) is 0.748. The first-order valence-electron chi connectivity index (χ1n) is 5.73. The Kier molecular flexibility index (Phi) is 3.38. The summed E-state index contributed by atoms with van der Waals surface area (Å²) in [7, 11) is 0. The van der Waals surface area contributed by atoms with E-state index in [1.165, 1.54) is 6.20 Å². The number of nitrogens with zero attached hydrogens (tertiary/aromatic N) is 1. The predicted molar refractivity (Wildman–Crippen MR) is 65.6 cm³/mol. The second-order valence-corrected chi connectivity index (χ2v) is 4.04. The SMILES string of the molecule is CCC1(OC(=O)c2cccnc2)C=CC=CC1. The molecule has 1 aromatic rings. The van der Waals surface area contributed by atoms with Crippen LogP contribution in [0.3, 0.4) is 0 Å². The van der Waals surface area contributed by atoms with E-state index >= 15 is 0 Å². The van der Waals surface area contributed by atoms with E-state index in [0.717, 1.165) is 12.8 Å². The lowest BCUT2D eigenvalue weighted by atomic mass is 9.92. The number of carbonyl (C=O) groups is 1. The molecular weight excluding hydrogens is 214 g/mol. The molecule has 1 aromatic heterocycles. The zero-order valence-corrected chi connectivity index (χ0v) is 9.80. The van der Waals surface area contributed by atoms with Crippen molar-refractivity contribution in [2.24, 2.45) is 0 Å². The Morgan fingerprint density at radius 2 is 2.41 bits per heavy atom. The van der Waals surface area contributed by atoms with Crippen LogP contribution in [0, 0.1) is 0 Å². The van der Waals surface area contributed by atoms with Gasteiger partial charge in [0.05, 0.1) is 5.56 Å². The third-order valence-electron chi connectivity index (χ3n) is 2.90. The molecule has 2 rings (SSSR count). The van der Waals surface area contributed by atoms with Crippen LogP contribution in [-0.2, 0) is 4.74 Å². The number of hydrogen-bond acceptors (Lipinski definition) is 3. The average molecular weight is 229 g/mol. The largest absolute Gasteiger partial charge is 0.451 e. The summed E-state index contributed by atoms with van der Waals surface area (Å²) >= 11 is 0. The monoisotopic (exact) mass is 229 g/mol. The van der Waals surface area contributed by atoms with Crippen molar-refractivity contribution in [3.05, 3.63) is 54.4 Å². The van der Waals surface area contributed by atoms with E-state index < -0.39 is 5.60 Å². The van der Waals surface area contributed by atoms with Gasteiger partial charge in [0.25, 0.3) is 0 Å². The van der Waals surface area contributed by atoms with Crippen molar-refractivity contribution in [3.63, 3.8) is 0 Å². The maximum absolute atomic E-state index is 12.0. The van der Waals surface area contributed by atoms with Gasteiger partial charge >= 0.3 is 5.97 Å². The second kappa shape index (κ2) is 4.95. The molecule has 1 unspecified atom stereocenters. The fraction of sp³-hybridized carbons (Fsp3) is 0.286. The summed E-state index contributed by atoms with van der Waals surface area (Å²) in [6, 6.07) is 3.44. The fourth-order valence-corrected chi connectivity index (χ4v) is 1.78. The molecule has 0 spiro atoms. The van der Waals surface area contributed by atoms with E-state index in [2.05, 4.69) is 4.98 Å². The van der Waals surface area contributed by atoms with Gasteiger partial charge in [-0.2, -0.15) is 0 Å². The molecule has 0 saturated heterocycles. The van der Waals surface area contributed by atoms with Crippen LogP contribution >= 0.6 is 0 Å². The molecule has 0 saturated carbocycles. The van der Waals surface area contributed by atoms with Crippen molar-refractivity contribution in [1.29, 1.82) is 0 Å². The van der Waals surface area contributed by atoms with E-state index in [1.54, 1.807) is 18.3 Å². The van der Waals surface area contributed by atoms with Crippen LogP contribution in [-0.4, -0.2) is 16.6 Å². The molecule has 3 nitrogen and oxygen atoms in total. The van der Waals surface area contributed by atoms with Gasteiger partial charge in [-0.15, -0.1) is 0 Å². The third-order valence-corrected chi connectivity index (χ3v) is 2.90. The number of hydrogen-bond donors (Lipinski definition) is 0. The minimum atomic E-state index is -0.498. The Balaban J connectivity index is 2.12. The molecule has 0 N–H and O–H groups in total. The minimum absolute atomic E-state index is 0.320. The highest BCUT2D eigenvalue weighted by atomic mass is 16.6. The highest BCUT2D eigenvalue weighted by Crippen LogP contribution is 2.27. The summed E-state index contributed by atoms with van der Waals surface area (Å²) in [6.45, 7) is 2.01. The maximum Gasteiger partial charge on any atom is 0.340 e. The van der Waals surface area contributed by atoms with E-state index in [4.69, 9.17) is 4.74 Å². The zero-order chi connectivity index (χ0) is 12.1. The first kappa shape index (κ1) is 11.6. The van der Waals surface area contributed by atoms with Gasteiger partial charge in [0.15, 0.2) is 0 Å². The molecule has 0 radical (unpaired) electrons. The lowest BCUT2D eigenvalue weighted by Gasteiger charge is -2.29. The van der Waals surface area contributed by atoms with Gasteiger partial charge in [0.2, 0.25) is 0 Å². The molecule has 0 amide bonds. The van der Waals surface area contributed by atoms with Crippen LogP contribution in [0.4, 0.5) is 0 Å². The van der Waals surface area contributed by atoms with E-state index in [0.29, 0.717) is 5.56 Å². The van der Waals surface area contributed by atoms with E-state index in [9.17, 15) is 4.79 Å². The Labute approximate surface area is 101 Å². The summed E-state index contributed by atoms with van der Waals surface area (Å²) in [4.78, 5) is 15.9. The van der Waals surface area contributed by atoms with Gasteiger partial charge in [-0.1, -0.05) is 25.2 Å². The molecule has 17 heavy (non-hydrogen) atoms. The number of ether oxygens (including phenoxy) is 1. The first-order chi connectivity index (χ1) is 8.26. The molecule has 0 aliphatic heterocycles. The van der Waals surface area contributed by atoms with Gasteiger partial charge in [0, 0.05) is 18.8 Å². The van der Waals surface area contributed by atoms with Crippen LogP contribution < -0.4 is 0 Å². The van der Waals surface area contributed by atoms with Crippen LogP contribution in [0.5, 0.6) is 0 Å². The molecule has 0 bridgehead atoms. The molecule has 1 heterocycles. The van der Waals surface area contributed by atoms with Crippen LogP contribution in [0.25, 0.3) is 0 Å². The molecule has 1 atom stereocenters. The Hall–Kier alpha value is -1.90. The maximum atomic E-state index is 12.0. The summed E-state index contributed by atoms with van der Waals surface area (Å²) in [6.07, 6.45) is 12.5. The van der Waals surface area contributed by atoms with Crippen LogP contribution in [0.1, 0.15) is 30.1 Å². The minimum Gasteiger partial charge on any atom is -0.451 e. The van der Waals surface area contributed by atoms with Crippen molar-refractivity contribution in [3.8, 4) is 0 Å². The second-order valence-electron chi connectivity index (χ2n) is 4.04. The Bertz CT molecular complexity index is 451. The number of rotatable bonds is 3.